The van der Waals surface area contributed by atoms with Crippen LogP contribution in [0.3, 0.4) is 0 Å². The maximum absolute atomic E-state index is 13.5. The predicted octanol–water partition coefficient (Wildman–Crippen LogP) is 4.81. The highest BCUT2D eigenvalue weighted by Gasteiger charge is 2.37. The minimum absolute atomic E-state index is 0.108. The molecule has 176 valence electrons. The van der Waals surface area contributed by atoms with Gasteiger partial charge in [-0.25, -0.2) is 8.42 Å². The number of nitrogens with zero attached hydrogens (tertiary/aromatic N) is 1. The molecule has 1 heterocycles. The van der Waals surface area contributed by atoms with E-state index in [0.717, 1.165) is 9.87 Å². The molecule has 1 N–H and O–H groups in total. The largest absolute Gasteiger partial charge is 0.489 e. The summed E-state index contributed by atoms with van der Waals surface area (Å²) in [5.74, 6) is 0.311. The molecule has 4 rings (SSSR count). The minimum Gasteiger partial charge on any atom is -0.489 e. The number of amides is 1. The van der Waals surface area contributed by atoms with Gasteiger partial charge >= 0.3 is 0 Å². The number of halogens is 1. The van der Waals surface area contributed by atoms with Crippen molar-refractivity contribution in [3.63, 3.8) is 0 Å². The molecule has 0 bridgehead atoms. The number of sulfonamides is 1. The second-order valence-corrected chi connectivity index (χ2v) is 9.98. The summed E-state index contributed by atoms with van der Waals surface area (Å²) in [6.45, 7) is 5.59. The molecule has 1 aliphatic heterocycles. The van der Waals surface area contributed by atoms with Crippen molar-refractivity contribution >= 4 is 38.9 Å². The highest BCUT2D eigenvalue weighted by Crippen LogP contribution is 2.39. The van der Waals surface area contributed by atoms with Crippen molar-refractivity contribution < 1.29 is 22.7 Å². The second kappa shape index (κ2) is 9.79. The zero-order chi connectivity index (χ0) is 24.3. The Bertz CT molecular complexity index is 1330. The quantitative estimate of drug-likeness (QED) is 0.472. The van der Waals surface area contributed by atoms with E-state index in [-0.39, 0.29) is 22.9 Å². The molecule has 1 unspecified atom stereocenters. The highest BCUT2D eigenvalue weighted by molar-refractivity contribution is 7.92. The first-order chi connectivity index (χ1) is 16.3. The van der Waals surface area contributed by atoms with Crippen LogP contribution in [0.15, 0.2) is 84.3 Å². The van der Waals surface area contributed by atoms with Gasteiger partial charge in [-0.15, -0.1) is 0 Å². The van der Waals surface area contributed by atoms with Crippen molar-refractivity contribution in [3.05, 3.63) is 90.0 Å². The van der Waals surface area contributed by atoms with Gasteiger partial charge in [0.05, 0.1) is 17.1 Å². The Kier molecular flexibility index (Phi) is 6.81. The summed E-state index contributed by atoms with van der Waals surface area (Å²) in [4.78, 5) is 13.2. The fourth-order valence-corrected chi connectivity index (χ4v) is 5.10. The molecule has 3 aromatic rings. The molecule has 0 saturated heterocycles. The molecule has 9 heteroatoms. The third kappa shape index (κ3) is 5.03. The average molecular weight is 499 g/mol. The molecule has 0 aromatic heterocycles. The Morgan fingerprint density at radius 2 is 1.97 bits per heavy atom. The molecule has 0 radical (unpaired) electrons. The topological polar surface area (TPSA) is 84.9 Å². The molecule has 34 heavy (non-hydrogen) atoms. The van der Waals surface area contributed by atoms with Crippen LogP contribution < -0.4 is 19.1 Å². The van der Waals surface area contributed by atoms with Crippen molar-refractivity contribution in [1.29, 1.82) is 0 Å². The van der Waals surface area contributed by atoms with E-state index in [2.05, 4.69) is 11.9 Å². The van der Waals surface area contributed by atoms with E-state index in [1.54, 1.807) is 54.6 Å². The summed E-state index contributed by atoms with van der Waals surface area (Å²) in [5.41, 5.74) is 1.70. The first kappa shape index (κ1) is 23.7. The fraction of sp³-hybridized carbons (Fsp3) is 0.160. The molecule has 1 amide bonds. The number of carbonyl (C=O) groups excluding carboxylic acids is 1. The summed E-state index contributed by atoms with van der Waals surface area (Å²) >= 11 is 6.14. The molecule has 0 fully saturated rings. The van der Waals surface area contributed by atoms with E-state index in [4.69, 9.17) is 21.1 Å². The van der Waals surface area contributed by atoms with E-state index in [0.29, 0.717) is 23.1 Å². The Balaban J connectivity index is 1.63. The Labute approximate surface area is 203 Å². The Morgan fingerprint density at radius 1 is 1.21 bits per heavy atom. The standard InChI is InChI=1S/C25H23ClN2O5S/c1-3-13-32-20-6-4-5-19(15-20)27-25(29)24-16-28(22-14-18(26)9-12-23(22)33-24)34(30,31)21-10-7-17(2)8-11-21/h3-12,14-15,24H,1,13,16H2,2H3,(H,27,29). The number of hydrogen-bond acceptors (Lipinski definition) is 5. The van der Waals surface area contributed by atoms with Crippen LogP contribution in [0.2, 0.25) is 5.02 Å². The maximum atomic E-state index is 13.5. The van der Waals surface area contributed by atoms with Gasteiger partial charge in [-0.05, 0) is 49.4 Å². The average Bonchev–Trinajstić information content (AvgIpc) is 2.82. The van der Waals surface area contributed by atoms with Gasteiger partial charge in [0.25, 0.3) is 15.9 Å². The van der Waals surface area contributed by atoms with Crippen LogP contribution in [0, 0.1) is 6.92 Å². The van der Waals surface area contributed by atoms with Crippen LogP contribution in [0.5, 0.6) is 11.5 Å². The van der Waals surface area contributed by atoms with Crippen molar-refractivity contribution in [2.75, 3.05) is 22.8 Å². The lowest BCUT2D eigenvalue weighted by Gasteiger charge is -2.35. The van der Waals surface area contributed by atoms with Gasteiger partial charge in [0, 0.05) is 16.8 Å². The molecular weight excluding hydrogens is 476 g/mol. The van der Waals surface area contributed by atoms with E-state index in [1.165, 1.54) is 18.2 Å². The van der Waals surface area contributed by atoms with Gasteiger partial charge in [0.1, 0.15) is 18.1 Å². The smallest absolute Gasteiger partial charge is 0.267 e. The van der Waals surface area contributed by atoms with Crippen molar-refractivity contribution in [1.82, 2.24) is 0 Å². The predicted molar refractivity (Wildman–Crippen MR) is 132 cm³/mol. The van der Waals surface area contributed by atoms with Crippen LogP contribution in [0.4, 0.5) is 11.4 Å². The highest BCUT2D eigenvalue weighted by atomic mass is 35.5. The van der Waals surface area contributed by atoms with Gasteiger partial charge in [0.2, 0.25) is 0 Å². The third-order valence-corrected chi connectivity index (χ3v) is 7.19. The van der Waals surface area contributed by atoms with Crippen LogP contribution >= 0.6 is 11.6 Å². The van der Waals surface area contributed by atoms with E-state index >= 15 is 0 Å². The van der Waals surface area contributed by atoms with Gasteiger partial charge in [0.15, 0.2) is 6.10 Å². The van der Waals surface area contributed by atoms with Crippen molar-refractivity contribution in [2.45, 2.75) is 17.9 Å². The second-order valence-electron chi connectivity index (χ2n) is 7.68. The molecule has 0 spiro atoms. The SMILES string of the molecule is C=CCOc1cccc(NC(=O)C2CN(S(=O)(=O)c3ccc(C)cc3)c3cc(Cl)ccc3O2)c1. The first-order valence-corrected chi connectivity index (χ1v) is 12.3. The lowest BCUT2D eigenvalue weighted by molar-refractivity contribution is -0.122. The molecular formula is C25H23ClN2O5S. The van der Waals surface area contributed by atoms with Gasteiger partial charge in [-0.2, -0.15) is 0 Å². The van der Waals surface area contributed by atoms with Crippen molar-refractivity contribution in [2.24, 2.45) is 0 Å². The molecule has 7 nitrogen and oxygen atoms in total. The Morgan fingerprint density at radius 3 is 2.71 bits per heavy atom. The third-order valence-electron chi connectivity index (χ3n) is 5.16. The number of anilines is 2. The van der Waals surface area contributed by atoms with E-state index in [1.807, 2.05) is 6.92 Å². The summed E-state index contributed by atoms with van der Waals surface area (Å²) < 4.78 is 39.6. The number of ether oxygens (including phenoxy) is 2. The minimum atomic E-state index is -3.98. The van der Waals surface area contributed by atoms with Crippen molar-refractivity contribution in [3.8, 4) is 11.5 Å². The number of carbonyl (C=O) groups is 1. The zero-order valence-corrected chi connectivity index (χ0v) is 20.0. The lowest BCUT2D eigenvalue weighted by atomic mass is 10.2. The summed E-state index contributed by atoms with van der Waals surface area (Å²) in [7, 11) is -3.98. The normalized spacial score (nSPS) is 15.1. The summed E-state index contributed by atoms with van der Waals surface area (Å²) in [6, 6.07) is 18.0. The number of benzene rings is 3. The van der Waals surface area contributed by atoms with E-state index < -0.39 is 22.0 Å². The summed E-state index contributed by atoms with van der Waals surface area (Å²) in [6.07, 6.45) is 0.528. The number of aryl methyl sites for hydroxylation is 1. The molecule has 1 aliphatic rings. The van der Waals surface area contributed by atoms with Gasteiger partial charge in [-0.1, -0.05) is 48.0 Å². The van der Waals surface area contributed by atoms with Crippen LogP contribution in [-0.2, 0) is 14.8 Å². The van der Waals surface area contributed by atoms with Gasteiger partial charge < -0.3 is 14.8 Å². The summed E-state index contributed by atoms with van der Waals surface area (Å²) in [5, 5.41) is 3.13. The lowest BCUT2D eigenvalue weighted by Crippen LogP contribution is -2.48. The zero-order valence-electron chi connectivity index (χ0n) is 18.4. The molecule has 0 aliphatic carbocycles. The maximum Gasteiger partial charge on any atom is 0.267 e. The van der Waals surface area contributed by atoms with Crippen LogP contribution in [0.25, 0.3) is 0 Å². The fourth-order valence-electron chi connectivity index (χ4n) is 3.47. The molecule has 0 saturated carbocycles. The van der Waals surface area contributed by atoms with Gasteiger partial charge in [-0.3, -0.25) is 9.10 Å². The number of nitrogens with one attached hydrogen (secondary N) is 1. The van der Waals surface area contributed by atoms with E-state index in [9.17, 15) is 13.2 Å². The van der Waals surface area contributed by atoms with Crippen LogP contribution in [-0.4, -0.2) is 33.6 Å². The number of hydrogen-bond donors (Lipinski definition) is 1. The number of rotatable bonds is 7. The first-order valence-electron chi connectivity index (χ1n) is 10.5. The Hall–Kier alpha value is -3.49. The van der Waals surface area contributed by atoms with Crippen LogP contribution in [0.1, 0.15) is 5.56 Å². The number of fused-ring (bicyclic) bond motifs is 1. The molecule has 1 atom stereocenters. The molecule has 3 aromatic carbocycles. The monoisotopic (exact) mass is 498 g/mol.